The van der Waals surface area contributed by atoms with Gasteiger partial charge in [0.05, 0.1) is 6.54 Å². The Balaban J connectivity index is 1.90. The number of hydrogen-bond donors (Lipinski definition) is 3. The summed E-state index contributed by atoms with van der Waals surface area (Å²) in [5.41, 5.74) is 0. The molecule has 0 bridgehead atoms. The molecule has 0 saturated carbocycles. The molecule has 1 atom stereocenters. The largest absolute Gasteiger partial charge is 0.490 e. The Morgan fingerprint density at radius 2 is 1.85 bits per heavy atom. The van der Waals surface area contributed by atoms with Gasteiger partial charge in [0.1, 0.15) is 25.0 Å². The lowest BCUT2D eigenvalue weighted by Crippen LogP contribution is -2.46. The molecule has 7 heteroatoms. The number of rotatable bonds is 10. The zero-order valence-corrected chi connectivity index (χ0v) is 15.6. The van der Waals surface area contributed by atoms with Crippen molar-refractivity contribution in [1.29, 1.82) is 0 Å². The summed E-state index contributed by atoms with van der Waals surface area (Å²) in [5, 5.41) is 23.3. The first-order valence-corrected chi connectivity index (χ1v) is 8.88. The van der Waals surface area contributed by atoms with Crippen LogP contribution in [0.3, 0.4) is 0 Å². The average Bonchev–Trinajstić information content (AvgIpc) is 2.64. The monoisotopic (exact) mass is 374 g/mol. The molecule has 2 aromatic carbocycles. The summed E-state index contributed by atoms with van der Waals surface area (Å²) in [7, 11) is 0. The van der Waals surface area contributed by atoms with Crippen molar-refractivity contribution in [3.05, 3.63) is 42.5 Å². The zero-order chi connectivity index (χ0) is 19.8. The smallest absolute Gasteiger partial charge is 0.322 e. The number of aliphatic carboxylic acids is 1. The number of carboxylic acid groups (broad SMARTS) is 1. The van der Waals surface area contributed by atoms with E-state index in [2.05, 4.69) is 5.32 Å². The molecule has 2 aromatic rings. The average molecular weight is 374 g/mol. The molecule has 0 fully saturated rings. The van der Waals surface area contributed by atoms with Crippen LogP contribution in [0, 0.1) is 0 Å². The second-order valence-electron chi connectivity index (χ2n) is 6.64. The minimum atomic E-state index is -1.09. The lowest BCUT2D eigenvalue weighted by Gasteiger charge is -2.28. The van der Waals surface area contributed by atoms with Crippen LogP contribution in [-0.2, 0) is 9.59 Å². The van der Waals surface area contributed by atoms with Gasteiger partial charge in [-0.2, -0.15) is 0 Å². The first-order valence-electron chi connectivity index (χ1n) is 8.88. The molecule has 0 aliphatic carbocycles. The van der Waals surface area contributed by atoms with Gasteiger partial charge < -0.3 is 20.3 Å². The Kier molecular flexibility index (Phi) is 7.57. The minimum absolute atomic E-state index is 0.00721. The fourth-order valence-corrected chi connectivity index (χ4v) is 2.70. The second kappa shape index (κ2) is 9.89. The summed E-state index contributed by atoms with van der Waals surface area (Å²) in [6.45, 7) is 3.73. The predicted molar refractivity (Wildman–Crippen MR) is 103 cm³/mol. The summed E-state index contributed by atoms with van der Waals surface area (Å²) in [4.78, 5) is 24.1. The minimum Gasteiger partial charge on any atom is -0.490 e. The van der Waals surface area contributed by atoms with E-state index in [1.54, 1.807) is 4.90 Å². The predicted octanol–water partition coefficient (Wildman–Crippen LogP) is 1.49. The van der Waals surface area contributed by atoms with E-state index >= 15 is 0 Å². The molecule has 27 heavy (non-hydrogen) atoms. The van der Waals surface area contributed by atoms with E-state index in [0.29, 0.717) is 5.75 Å². The quantitative estimate of drug-likeness (QED) is 0.583. The molecule has 146 valence electrons. The molecule has 0 aliphatic heterocycles. The number of fused-ring (bicyclic) bond motifs is 1. The molecule has 0 radical (unpaired) electrons. The summed E-state index contributed by atoms with van der Waals surface area (Å²) in [6.07, 6.45) is -0.793. The number of amides is 1. The Morgan fingerprint density at radius 3 is 2.56 bits per heavy atom. The van der Waals surface area contributed by atoms with Crippen molar-refractivity contribution in [3.63, 3.8) is 0 Å². The number of carbonyl (C=O) groups excluding carboxylic acids is 1. The fraction of sp³-hybridized carbons (Fsp3) is 0.400. The van der Waals surface area contributed by atoms with E-state index in [0.717, 1.165) is 10.8 Å². The summed E-state index contributed by atoms with van der Waals surface area (Å²) >= 11 is 0. The number of ether oxygens (including phenoxy) is 1. The number of benzene rings is 2. The number of carbonyl (C=O) groups is 2. The van der Waals surface area contributed by atoms with Gasteiger partial charge >= 0.3 is 5.97 Å². The number of aliphatic hydroxyl groups excluding tert-OH is 1. The standard InChI is InChI=1S/C20H26N2O5/c1-14(2)22(12-19(24)21-10-20(25)26)11-16(23)13-27-18-9-5-7-15-6-3-4-8-17(15)18/h3-9,14,16,23H,10-13H2,1-2H3,(H,21,24)(H,25,26). The van der Waals surface area contributed by atoms with Gasteiger partial charge in [0.2, 0.25) is 5.91 Å². The van der Waals surface area contributed by atoms with Crippen LogP contribution in [0.1, 0.15) is 13.8 Å². The van der Waals surface area contributed by atoms with Crippen LogP contribution in [0.5, 0.6) is 5.75 Å². The van der Waals surface area contributed by atoms with Gasteiger partial charge in [-0.05, 0) is 25.3 Å². The number of aliphatic hydroxyl groups is 1. The van der Waals surface area contributed by atoms with E-state index < -0.39 is 24.5 Å². The summed E-state index contributed by atoms with van der Waals surface area (Å²) in [6, 6.07) is 13.6. The third-order valence-corrected chi connectivity index (χ3v) is 4.14. The Bertz CT molecular complexity index is 773. The maximum absolute atomic E-state index is 11.8. The van der Waals surface area contributed by atoms with Crippen LogP contribution in [-0.4, -0.2) is 65.4 Å². The van der Waals surface area contributed by atoms with Crippen molar-refractivity contribution in [3.8, 4) is 5.75 Å². The number of nitrogens with one attached hydrogen (secondary N) is 1. The van der Waals surface area contributed by atoms with Gasteiger partial charge in [-0.25, -0.2) is 0 Å². The van der Waals surface area contributed by atoms with Crippen LogP contribution in [0.25, 0.3) is 10.8 Å². The maximum Gasteiger partial charge on any atom is 0.322 e. The van der Waals surface area contributed by atoms with E-state index in [1.165, 1.54) is 0 Å². The molecule has 2 rings (SSSR count). The van der Waals surface area contributed by atoms with Crippen molar-refractivity contribution < 1.29 is 24.5 Å². The Labute approximate surface area is 158 Å². The van der Waals surface area contributed by atoms with E-state index in [1.807, 2.05) is 56.3 Å². The van der Waals surface area contributed by atoms with Gasteiger partial charge in [0.15, 0.2) is 0 Å². The molecular weight excluding hydrogens is 348 g/mol. The third kappa shape index (κ3) is 6.54. The molecule has 1 unspecified atom stereocenters. The number of carboxylic acids is 1. The van der Waals surface area contributed by atoms with Crippen molar-refractivity contribution in [2.75, 3.05) is 26.2 Å². The Morgan fingerprint density at radius 1 is 1.15 bits per heavy atom. The van der Waals surface area contributed by atoms with Gasteiger partial charge in [-0.3, -0.25) is 14.5 Å². The van der Waals surface area contributed by atoms with Gasteiger partial charge in [0, 0.05) is 18.0 Å². The highest BCUT2D eigenvalue weighted by molar-refractivity contribution is 5.88. The van der Waals surface area contributed by atoms with Crippen LogP contribution in [0.4, 0.5) is 0 Å². The van der Waals surface area contributed by atoms with Crippen molar-refractivity contribution in [1.82, 2.24) is 10.2 Å². The van der Waals surface area contributed by atoms with Crippen LogP contribution in [0.15, 0.2) is 42.5 Å². The van der Waals surface area contributed by atoms with Crippen molar-refractivity contribution >= 4 is 22.6 Å². The second-order valence-corrected chi connectivity index (χ2v) is 6.64. The van der Waals surface area contributed by atoms with Crippen molar-refractivity contribution in [2.45, 2.75) is 26.0 Å². The maximum atomic E-state index is 11.8. The molecule has 0 heterocycles. The molecule has 0 spiro atoms. The summed E-state index contributed by atoms with van der Waals surface area (Å²) in [5.74, 6) is -0.793. The molecule has 7 nitrogen and oxygen atoms in total. The molecule has 0 aromatic heterocycles. The molecule has 0 aliphatic rings. The normalized spacial score (nSPS) is 12.3. The van der Waals surface area contributed by atoms with E-state index in [-0.39, 0.29) is 25.7 Å². The fourth-order valence-electron chi connectivity index (χ4n) is 2.70. The summed E-state index contributed by atoms with van der Waals surface area (Å²) < 4.78 is 5.79. The van der Waals surface area contributed by atoms with Crippen LogP contribution < -0.4 is 10.1 Å². The number of nitrogens with zero attached hydrogens (tertiary/aromatic N) is 1. The third-order valence-electron chi connectivity index (χ3n) is 4.14. The highest BCUT2D eigenvalue weighted by atomic mass is 16.5. The molecule has 0 saturated heterocycles. The van der Waals surface area contributed by atoms with Gasteiger partial charge in [0.25, 0.3) is 0 Å². The molecule has 3 N–H and O–H groups in total. The molecule has 1 amide bonds. The number of hydrogen-bond acceptors (Lipinski definition) is 5. The highest BCUT2D eigenvalue weighted by Gasteiger charge is 2.19. The van der Waals surface area contributed by atoms with E-state index in [4.69, 9.17) is 9.84 Å². The van der Waals surface area contributed by atoms with Gasteiger partial charge in [-0.1, -0.05) is 36.4 Å². The van der Waals surface area contributed by atoms with Crippen molar-refractivity contribution in [2.24, 2.45) is 0 Å². The van der Waals surface area contributed by atoms with E-state index in [9.17, 15) is 14.7 Å². The molecular formula is C20H26N2O5. The SMILES string of the molecule is CC(C)N(CC(=O)NCC(=O)O)CC(O)COc1cccc2ccccc12. The topological polar surface area (TPSA) is 99.1 Å². The Hall–Kier alpha value is -2.64. The lowest BCUT2D eigenvalue weighted by atomic mass is 10.1. The lowest BCUT2D eigenvalue weighted by molar-refractivity contribution is -0.138. The van der Waals surface area contributed by atoms with Crippen LogP contribution >= 0.6 is 0 Å². The van der Waals surface area contributed by atoms with Gasteiger partial charge in [-0.15, -0.1) is 0 Å². The first kappa shape index (κ1) is 20.7. The highest BCUT2D eigenvalue weighted by Crippen LogP contribution is 2.25. The van der Waals surface area contributed by atoms with Crippen LogP contribution in [0.2, 0.25) is 0 Å². The zero-order valence-electron chi connectivity index (χ0n) is 15.6. The first-order chi connectivity index (χ1) is 12.9.